The fourth-order valence-electron chi connectivity index (χ4n) is 1.85. The molecule has 3 unspecified atom stereocenters. The van der Waals surface area contributed by atoms with E-state index in [1.54, 1.807) is 6.26 Å². The average Bonchev–Trinajstić information content (AvgIpc) is 2.36. The molecular weight excluding hydrogens is 262 g/mol. The first-order valence-electron chi connectivity index (χ1n) is 6.23. The zero-order valence-electron chi connectivity index (χ0n) is 11.6. The van der Waals surface area contributed by atoms with Gasteiger partial charge in [0.05, 0.1) is 0 Å². The highest BCUT2D eigenvalue weighted by atomic mass is 32.2. The van der Waals surface area contributed by atoms with Crippen molar-refractivity contribution in [2.75, 3.05) is 18.3 Å². The molecule has 0 aliphatic heterocycles. The Bertz CT molecular complexity index is 378. The summed E-state index contributed by atoms with van der Waals surface area (Å²) in [5, 5.41) is 3.59. The fourth-order valence-corrected chi connectivity index (χ4v) is 2.96. The molecule has 1 rings (SSSR count). The maximum Gasteiger partial charge on any atom is 0.0498 e. The van der Waals surface area contributed by atoms with E-state index in [1.807, 2.05) is 23.9 Å². The Hall–Kier alpha value is -0.320. The maximum absolute atomic E-state index is 11.3. The lowest BCUT2D eigenvalue weighted by molar-refractivity contribution is 0.471. The van der Waals surface area contributed by atoms with Gasteiger partial charge in [0, 0.05) is 34.0 Å². The molecule has 1 aromatic carbocycles. The van der Waals surface area contributed by atoms with Crippen LogP contribution in [0.25, 0.3) is 0 Å². The van der Waals surface area contributed by atoms with Gasteiger partial charge in [-0.1, -0.05) is 12.1 Å². The summed E-state index contributed by atoms with van der Waals surface area (Å²) in [4.78, 5) is 0.890. The molecule has 0 spiro atoms. The molecule has 0 saturated carbocycles. The molecule has 0 saturated heterocycles. The van der Waals surface area contributed by atoms with E-state index in [0.717, 1.165) is 4.90 Å². The van der Waals surface area contributed by atoms with E-state index >= 15 is 0 Å². The monoisotopic (exact) mass is 285 g/mol. The van der Waals surface area contributed by atoms with Crippen LogP contribution in [-0.2, 0) is 10.8 Å². The molecule has 102 valence electrons. The van der Waals surface area contributed by atoms with Crippen molar-refractivity contribution in [1.29, 1.82) is 0 Å². The van der Waals surface area contributed by atoms with Gasteiger partial charge in [0.15, 0.2) is 0 Å². The quantitative estimate of drug-likeness (QED) is 0.834. The van der Waals surface area contributed by atoms with Gasteiger partial charge in [-0.2, -0.15) is 11.8 Å². The summed E-state index contributed by atoms with van der Waals surface area (Å²) in [5.74, 6) is 1.19. The van der Waals surface area contributed by atoms with Gasteiger partial charge in [-0.3, -0.25) is 4.21 Å². The van der Waals surface area contributed by atoms with Crippen LogP contribution in [0.4, 0.5) is 0 Å². The summed E-state index contributed by atoms with van der Waals surface area (Å²) >= 11 is 1.88. The van der Waals surface area contributed by atoms with Gasteiger partial charge in [-0.05, 0) is 50.0 Å². The molecule has 0 amide bonds. The summed E-state index contributed by atoms with van der Waals surface area (Å²) in [6, 6.07) is 8.89. The molecule has 0 radical (unpaired) electrons. The average molecular weight is 285 g/mol. The third kappa shape index (κ3) is 5.12. The highest BCUT2D eigenvalue weighted by Crippen LogP contribution is 2.16. The van der Waals surface area contributed by atoms with Gasteiger partial charge in [-0.15, -0.1) is 0 Å². The molecule has 3 atom stereocenters. The number of benzene rings is 1. The molecule has 0 fully saturated rings. The minimum absolute atomic E-state index is 0.334. The van der Waals surface area contributed by atoms with E-state index in [0.29, 0.717) is 12.1 Å². The summed E-state index contributed by atoms with van der Waals surface area (Å²) < 4.78 is 11.3. The Morgan fingerprint density at radius 2 is 1.89 bits per heavy atom. The van der Waals surface area contributed by atoms with Gasteiger partial charge in [-0.25, -0.2) is 0 Å². The van der Waals surface area contributed by atoms with Crippen molar-refractivity contribution in [2.24, 2.45) is 0 Å². The van der Waals surface area contributed by atoms with Gasteiger partial charge in [0.2, 0.25) is 0 Å². The van der Waals surface area contributed by atoms with Crippen LogP contribution < -0.4 is 5.32 Å². The summed E-state index contributed by atoms with van der Waals surface area (Å²) in [5.41, 5.74) is 1.25. The Kier molecular flexibility index (Phi) is 6.97. The third-order valence-electron chi connectivity index (χ3n) is 3.00. The zero-order valence-corrected chi connectivity index (χ0v) is 13.2. The topological polar surface area (TPSA) is 29.1 Å². The molecule has 0 aromatic heterocycles. The van der Waals surface area contributed by atoms with E-state index in [4.69, 9.17) is 0 Å². The van der Waals surface area contributed by atoms with Crippen LogP contribution in [0.3, 0.4) is 0 Å². The number of rotatable bonds is 7. The van der Waals surface area contributed by atoms with Crippen LogP contribution in [0.1, 0.15) is 31.9 Å². The van der Waals surface area contributed by atoms with Crippen molar-refractivity contribution >= 4 is 22.6 Å². The molecule has 1 N–H and O–H groups in total. The molecule has 0 aliphatic carbocycles. The molecule has 4 heteroatoms. The van der Waals surface area contributed by atoms with E-state index in [9.17, 15) is 4.21 Å². The van der Waals surface area contributed by atoms with Crippen molar-refractivity contribution in [3.05, 3.63) is 29.8 Å². The Labute approximate surface area is 117 Å². The summed E-state index contributed by atoms with van der Waals surface area (Å²) in [6.45, 7) is 4.40. The molecule has 1 aromatic rings. The molecule has 0 bridgehead atoms. The van der Waals surface area contributed by atoms with Crippen LogP contribution in [0, 0.1) is 0 Å². The van der Waals surface area contributed by atoms with Crippen LogP contribution >= 0.6 is 11.8 Å². The number of nitrogens with one attached hydrogen (secondary N) is 1. The van der Waals surface area contributed by atoms with Crippen LogP contribution in [0.15, 0.2) is 29.2 Å². The summed E-state index contributed by atoms with van der Waals surface area (Å²) in [7, 11) is -0.889. The largest absolute Gasteiger partial charge is 0.308 e. The standard InChI is InChI=1S/C14H23NOS2/c1-11(9-10-17-3)15-12(2)13-5-7-14(8-6-13)18(4)16/h5-8,11-12,15H,9-10H2,1-4H3. The second-order valence-electron chi connectivity index (χ2n) is 4.59. The van der Waals surface area contributed by atoms with E-state index in [1.165, 1.54) is 17.7 Å². The van der Waals surface area contributed by atoms with E-state index in [-0.39, 0.29) is 0 Å². The second-order valence-corrected chi connectivity index (χ2v) is 6.96. The number of thioether (sulfide) groups is 1. The van der Waals surface area contributed by atoms with Gasteiger partial charge < -0.3 is 5.32 Å². The smallest absolute Gasteiger partial charge is 0.0498 e. The van der Waals surface area contributed by atoms with Crippen LogP contribution in [0.5, 0.6) is 0 Å². The maximum atomic E-state index is 11.3. The van der Waals surface area contributed by atoms with Crippen molar-refractivity contribution in [3.63, 3.8) is 0 Å². The van der Waals surface area contributed by atoms with Crippen LogP contribution in [-0.4, -0.2) is 28.5 Å². The van der Waals surface area contributed by atoms with Gasteiger partial charge >= 0.3 is 0 Å². The lowest BCUT2D eigenvalue weighted by Gasteiger charge is -2.20. The highest BCUT2D eigenvalue weighted by molar-refractivity contribution is 7.98. The van der Waals surface area contributed by atoms with Gasteiger partial charge in [0.1, 0.15) is 0 Å². The first-order chi connectivity index (χ1) is 8.54. The molecular formula is C14H23NOS2. The Balaban J connectivity index is 2.55. The molecule has 18 heavy (non-hydrogen) atoms. The van der Waals surface area contributed by atoms with Crippen molar-refractivity contribution in [1.82, 2.24) is 5.32 Å². The minimum atomic E-state index is -0.889. The molecule has 2 nitrogen and oxygen atoms in total. The van der Waals surface area contributed by atoms with E-state index in [2.05, 4.69) is 37.6 Å². The Morgan fingerprint density at radius 1 is 1.28 bits per heavy atom. The minimum Gasteiger partial charge on any atom is -0.308 e. The van der Waals surface area contributed by atoms with Crippen molar-refractivity contribution in [2.45, 2.75) is 37.2 Å². The number of hydrogen-bond acceptors (Lipinski definition) is 3. The Morgan fingerprint density at radius 3 is 2.39 bits per heavy atom. The normalized spacial score (nSPS) is 16.2. The molecule has 0 aliphatic rings. The summed E-state index contributed by atoms with van der Waals surface area (Å²) in [6.07, 6.45) is 5.03. The predicted octanol–water partition coefficient (Wildman–Crippen LogP) is 3.22. The second kappa shape index (κ2) is 7.97. The fraction of sp³-hybridized carbons (Fsp3) is 0.571. The van der Waals surface area contributed by atoms with Crippen LogP contribution in [0.2, 0.25) is 0 Å². The molecule has 0 heterocycles. The third-order valence-corrected chi connectivity index (χ3v) is 4.58. The van der Waals surface area contributed by atoms with E-state index < -0.39 is 10.8 Å². The predicted molar refractivity (Wildman–Crippen MR) is 82.8 cm³/mol. The highest BCUT2D eigenvalue weighted by Gasteiger charge is 2.09. The van der Waals surface area contributed by atoms with Gasteiger partial charge in [0.25, 0.3) is 0 Å². The first kappa shape index (κ1) is 15.7. The SMILES string of the molecule is CSCCC(C)NC(C)c1ccc(S(C)=O)cc1. The first-order valence-corrected chi connectivity index (χ1v) is 9.18. The number of hydrogen-bond donors (Lipinski definition) is 1. The van der Waals surface area contributed by atoms with Crippen molar-refractivity contribution < 1.29 is 4.21 Å². The lowest BCUT2D eigenvalue weighted by atomic mass is 10.1. The zero-order chi connectivity index (χ0) is 13.5. The van der Waals surface area contributed by atoms with Crippen molar-refractivity contribution in [3.8, 4) is 0 Å². The lowest BCUT2D eigenvalue weighted by Crippen LogP contribution is -2.29.